The first-order chi connectivity index (χ1) is 7.06. The summed E-state index contributed by atoms with van der Waals surface area (Å²) in [6.45, 7) is 6.46. The third kappa shape index (κ3) is 2.05. The molecule has 1 fully saturated rings. The van der Waals surface area contributed by atoms with Crippen LogP contribution in [0.25, 0.3) is 0 Å². The molecular weight excluding hydrogens is 214 g/mol. The number of amides is 1. The highest BCUT2D eigenvalue weighted by Crippen LogP contribution is 2.68. The molecule has 0 aromatic carbocycles. The highest BCUT2D eigenvalue weighted by atomic mass is 19.3. The fraction of sp³-hybridized carbons (Fsp3) is 0.909. The maximum absolute atomic E-state index is 12.8. The summed E-state index contributed by atoms with van der Waals surface area (Å²) in [5.41, 5.74) is 4.63. The molecule has 3 N–H and O–H groups in total. The molecule has 0 saturated heterocycles. The van der Waals surface area contributed by atoms with Crippen LogP contribution in [0, 0.1) is 16.7 Å². The van der Waals surface area contributed by atoms with Crippen molar-refractivity contribution in [3.05, 3.63) is 0 Å². The molecule has 1 aliphatic rings. The van der Waals surface area contributed by atoms with Gasteiger partial charge in [-0.1, -0.05) is 27.7 Å². The molecule has 94 valence electrons. The molecule has 0 atom stereocenters. The molecule has 16 heavy (non-hydrogen) atoms. The lowest BCUT2D eigenvalue weighted by Gasteiger charge is -2.15. The molecule has 0 aliphatic heterocycles. The highest BCUT2D eigenvalue weighted by Gasteiger charge is 2.68. The number of hydrogen-bond acceptors (Lipinski definition) is 2. The summed E-state index contributed by atoms with van der Waals surface area (Å²) >= 11 is 0. The second-order valence-electron chi connectivity index (χ2n) is 5.65. The van der Waals surface area contributed by atoms with Gasteiger partial charge in [-0.2, -0.15) is 0 Å². The number of carbonyl (C=O) groups is 1. The smallest absolute Gasteiger partial charge is 0.277 e. The Labute approximate surface area is 94.8 Å². The molecule has 0 unspecified atom stereocenters. The van der Waals surface area contributed by atoms with Crippen molar-refractivity contribution >= 4 is 5.91 Å². The number of nitrogens with one attached hydrogen (secondary N) is 1. The van der Waals surface area contributed by atoms with E-state index in [1.807, 2.05) is 27.7 Å². The van der Waals surface area contributed by atoms with Crippen LogP contribution in [0.3, 0.4) is 0 Å². The van der Waals surface area contributed by atoms with Crippen molar-refractivity contribution in [1.82, 2.24) is 5.32 Å². The molecular formula is C11H20F2N2O. The summed E-state index contributed by atoms with van der Waals surface area (Å²) in [6.07, 6.45) is 0. The van der Waals surface area contributed by atoms with Crippen LogP contribution in [0.2, 0.25) is 0 Å². The maximum Gasteiger partial charge on any atom is 0.277 e. The summed E-state index contributed by atoms with van der Waals surface area (Å²) < 4.78 is 25.7. The van der Waals surface area contributed by atoms with E-state index in [1.165, 1.54) is 0 Å². The van der Waals surface area contributed by atoms with Gasteiger partial charge in [-0.3, -0.25) is 4.79 Å². The van der Waals surface area contributed by atoms with Gasteiger partial charge in [0.05, 0.1) is 13.1 Å². The van der Waals surface area contributed by atoms with Crippen molar-refractivity contribution in [2.75, 3.05) is 13.1 Å². The Morgan fingerprint density at radius 1 is 1.31 bits per heavy atom. The first kappa shape index (κ1) is 13.4. The highest BCUT2D eigenvalue weighted by molar-refractivity contribution is 5.84. The van der Waals surface area contributed by atoms with Gasteiger partial charge in [0, 0.05) is 5.92 Å². The molecule has 1 aliphatic carbocycles. The molecule has 0 heterocycles. The predicted molar refractivity (Wildman–Crippen MR) is 58.1 cm³/mol. The lowest BCUT2D eigenvalue weighted by molar-refractivity contribution is -0.125. The van der Waals surface area contributed by atoms with Crippen molar-refractivity contribution < 1.29 is 13.6 Å². The second kappa shape index (κ2) is 3.65. The Hall–Kier alpha value is -0.710. The average molecular weight is 234 g/mol. The summed E-state index contributed by atoms with van der Waals surface area (Å²) in [7, 11) is 0. The Morgan fingerprint density at radius 2 is 1.75 bits per heavy atom. The predicted octanol–water partition coefficient (Wildman–Crippen LogP) is 1.38. The maximum atomic E-state index is 12.8. The van der Waals surface area contributed by atoms with Gasteiger partial charge in [0.15, 0.2) is 0 Å². The molecule has 1 rings (SSSR count). The first-order valence-electron chi connectivity index (χ1n) is 5.42. The number of hydrogen-bond donors (Lipinski definition) is 2. The van der Waals surface area contributed by atoms with E-state index in [-0.39, 0.29) is 22.7 Å². The summed E-state index contributed by atoms with van der Waals surface area (Å²) in [4.78, 5) is 11.7. The van der Waals surface area contributed by atoms with Crippen LogP contribution in [0.4, 0.5) is 8.78 Å². The number of carbonyl (C=O) groups excluding carboxylic acids is 1. The van der Waals surface area contributed by atoms with E-state index < -0.39 is 19.0 Å². The van der Waals surface area contributed by atoms with Crippen molar-refractivity contribution in [3.8, 4) is 0 Å². The van der Waals surface area contributed by atoms with Crippen molar-refractivity contribution in [2.24, 2.45) is 22.5 Å². The van der Waals surface area contributed by atoms with Crippen LogP contribution in [0.1, 0.15) is 27.7 Å². The minimum absolute atomic E-state index is 0.130. The fourth-order valence-electron chi connectivity index (χ4n) is 2.24. The minimum atomic E-state index is -3.02. The molecule has 3 nitrogen and oxygen atoms in total. The largest absolute Gasteiger partial charge is 0.350 e. The summed E-state index contributed by atoms with van der Waals surface area (Å²) in [5.74, 6) is -3.52. The molecule has 0 radical (unpaired) electrons. The molecule has 0 aromatic rings. The van der Waals surface area contributed by atoms with Crippen LogP contribution < -0.4 is 11.1 Å². The van der Waals surface area contributed by atoms with E-state index >= 15 is 0 Å². The zero-order valence-electron chi connectivity index (χ0n) is 10.2. The van der Waals surface area contributed by atoms with E-state index in [1.54, 1.807) is 0 Å². The third-order valence-corrected chi connectivity index (χ3v) is 4.10. The molecule has 0 aromatic heterocycles. The lowest BCUT2D eigenvalue weighted by atomic mass is 10.0. The lowest BCUT2D eigenvalue weighted by Crippen LogP contribution is -2.42. The Kier molecular flexibility index (Phi) is 3.05. The Balaban J connectivity index is 2.51. The van der Waals surface area contributed by atoms with Gasteiger partial charge >= 0.3 is 0 Å². The van der Waals surface area contributed by atoms with Crippen molar-refractivity contribution in [3.63, 3.8) is 0 Å². The summed E-state index contributed by atoms with van der Waals surface area (Å²) in [6, 6.07) is 0. The molecule has 5 heteroatoms. The van der Waals surface area contributed by atoms with E-state index in [2.05, 4.69) is 5.32 Å². The topological polar surface area (TPSA) is 55.1 Å². The number of halogens is 2. The van der Waals surface area contributed by atoms with Crippen LogP contribution in [0.5, 0.6) is 0 Å². The van der Waals surface area contributed by atoms with Crippen molar-refractivity contribution in [1.29, 1.82) is 0 Å². The van der Waals surface area contributed by atoms with Crippen molar-refractivity contribution in [2.45, 2.75) is 33.6 Å². The zero-order valence-corrected chi connectivity index (χ0v) is 10.2. The Morgan fingerprint density at radius 3 is 2.06 bits per heavy atom. The molecule has 0 spiro atoms. The van der Waals surface area contributed by atoms with Crippen LogP contribution in [-0.2, 0) is 4.79 Å². The van der Waals surface area contributed by atoms with E-state index in [4.69, 9.17) is 5.73 Å². The number of alkyl halides is 2. The monoisotopic (exact) mass is 234 g/mol. The van der Waals surface area contributed by atoms with E-state index in [0.29, 0.717) is 0 Å². The summed E-state index contributed by atoms with van der Waals surface area (Å²) in [5, 5.41) is 2.28. The standard InChI is InChI=1S/C11H20F2N2O/c1-9(2)7(10(9,3)4)8(16)15-6-11(12,13)5-14/h7H,5-6,14H2,1-4H3,(H,15,16). The normalized spacial score (nSPS) is 22.9. The van der Waals surface area contributed by atoms with E-state index in [9.17, 15) is 13.6 Å². The van der Waals surface area contributed by atoms with Crippen LogP contribution in [-0.4, -0.2) is 24.9 Å². The molecule has 0 bridgehead atoms. The fourth-order valence-corrected chi connectivity index (χ4v) is 2.24. The first-order valence-corrected chi connectivity index (χ1v) is 5.42. The third-order valence-electron chi connectivity index (χ3n) is 4.10. The quantitative estimate of drug-likeness (QED) is 0.772. The average Bonchev–Trinajstić information content (AvgIpc) is 2.54. The van der Waals surface area contributed by atoms with E-state index in [0.717, 1.165) is 0 Å². The van der Waals surface area contributed by atoms with Gasteiger partial charge in [0.25, 0.3) is 5.92 Å². The van der Waals surface area contributed by atoms with Crippen LogP contribution >= 0.6 is 0 Å². The number of nitrogens with two attached hydrogens (primary N) is 1. The van der Waals surface area contributed by atoms with Gasteiger partial charge in [-0.25, -0.2) is 8.78 Å². The van der Waals surface area contributed by atoms with Gasteiger partial charge < -0.3 is 11.1 Å². The SMILES string of the molecule is CC1(C)C(C(=O)NCC(F)(F)CN)C1(C)C. The number of rotatable bonds is 4. The molecule has 1 amide bonds. The Bertz CT molecular complexity index is 286. The zero-order chi connectivity index (χ0) is 12.8. The second-order valence-corrected chi connectivity index (χ2v) is 5.65. The van der Waals surface area contributed by atoms with Gasteiger partial charge in [-0.15, -0.1) is 0 Å². The molecule has 1 saturated carbocycles. The van der Waals surface area contributed by atoms with Gasteiger partial charge in [-0.05, 0) is 10.8 Å². The minimum Gasteiger partial charge on any atom is -0.350 e. The van der Waals surface area contributed by atoms with Gasteiger partial charge in [0.1, 0.15) is 0 Å². The van der Waals surface area contributed by atoms with Gasteiger partial charge in [0.2, 0.25) is 5.91 Å². The van der Waals surface area contributed by atoms with Crippen LogP contribution in [0.15, 0.2) is 0 Å².